The molecule has 6 N–H and O–H groups in total. The predicted molar refractivity (Wildman–Crippen MR) is 131 cm³/mol. The molecule has 0 spiro atoms. The number of nitrogens with two attached hydrogens (primary N) is 1. The van der Waals surface area contributed by atoms with Crippen LogP contribution in [-0.2, 0) is 25.7 Å². The first-order valence-corrected chi connectivity index (χ1v) is 11.4. The Balaban J connectivity index is 2.90. The van der Waals surface area contributed by atoms with Crippen LogP contribution in [0.1, 0.15) is 59.9 Å². The number of nitrogens with one attached hydrogen (secondary N) is 4. The van der Waals surface area contributed by atoms with E-state index in [1.54, 1.807) is 24.3 Å². The van der Waals surface area contributed by atoms with E-state index in [2.05, 4.69) is 21.3 Å². The smallest absolute Gasteiger partial charge is 0.312 e. The Bertz CT molecular complexity index is 833. The van der Waals surface area contributed by atoms with Crippen LogP contribution in [0.5, 0.6) is 0 Å². The second-order valence-corrected chi connectivity index (χ2v) is 9.58. The molecule has 1 aromatic rings. The number of benzene rings is 1. The summed E-state index contributed by atoms with van der Waals surface area (Å²) in [6.45, 7) is 11.6. The van der Waals surface area contributed by atoms with Crippen molar-refractivity contribution < 1.29 is 23.9 Å². The van der Waals surface area contributed by atoms with Crippen molar-refractivity contribution in [2.45, 2.75) is 78.6 Å². The van der Waals surface area contributed by atoms with Gasteiger partial charge < -0.3 is 31.7 Å². The largest absolute Gasteiger partial charge is 0.461 e. The Hall–Kier alpha value is -3.14. The van der Waals surface area contributed by atoms with Gasteiger partial charge >= 0.3 is 12.0 Å². The fourth-order valence-electron chi connectivity index (χ4n) is 3.15. The number of hydrogen-bond donors (Lipinski definition) is 5. The van der Waals surface area contributed by atoms with Crippen molar-refractivity contribution in [2.24, 2.45) is 11.7 Å². The summed E-state index contributed by atoms with van der Waals surface area (Å²) in [5, 5.41) is 11.5. The van der Waals surface area contributed by atoms with Crippen molar-refractivity contribution in [3.8, 4) is 0 Å². The lowest BCUT2D eigenvalue weighted by molar-refractivity contribution is -0.142. The van der Waals surface area contributed by atoms with Gasteiger partial charge in [0.25, 0.3) is 0 Å². The second-order valence-electron chi connectivity index (χ2n) is 9.58. The highest BCUT2D eigenvalue weighted by molar-refractivity contribution is 5.97. The van der Waals surface area contributed by atoms with Crippen LogP contribution in [-0.4, -0.2) is 48.0 Å². The van der Waals surface area contributed by atoms with Crippen LogP contribution in [0.3, 0.4) is 0 Å². The molecule has 0 radical (unpaired) electrons. The van der Waals surface area contributed by atoms with Crippen LogP contribution < -0.4 is 27.0 Å². The lowest BCUT2D eigenvalue weighted by Crippen LogP contribution is -2.57. The molecule has 0 aliphatic carbocycles. The van der Waals surface area contributed by atoms with Gasteiger partial charge in [0.1, 0.15) is 12.6 Å². The Kier molecular flexibility index (Phi) is 11.5. The average molecular weight is 478 g/mol. The molecular weight excluding hydrogens is 438 g/mol. The molecule has 0 saturated heterocycles. The monoisotopic (exact) mass is 477 g/mol. The number of esters is 1. The molecule has 0 fully saturated rings. The van der Waals surface area contributed by atoms with Crippen molar-refractivity contribution in [1.82, 2.24) is 16.0 Å². The summed E-state index contributed by atoms with van der Waals surface area (Å²) in [4.78, 5) is 48.0. The first-order valence-electron chi connectivity index (χ1n) is 11.4. The SMILES string of the molecule is CC(=O)OCc1ccc(NC(=O)C(CCCNC(N)=O)NC(=O)C(NC(C)(C)C)C(C)C)cc1. The minimum absolute atomic E-state index is 0.00392. The van der Waals surface area contributed by atoms with Crippen LogP contribution in [0.4, 0.5) is 10.5 Å². The lowest BCUT2D eigenvalue weighted by atomic mass is 9.98. The predicted octanol–water partition coefficient (Wildman–Crippen LogP) is 2.03. The summed E-state index contributed by atoms with van der Waals surface area (Å²) >= 11 is 0. The average Bonchev–Trinajstić information content (AvgIpc) is 2.72. The van der Waals surface area contributed by atoms with Gasteiger partial charge in [0.2, 0.25) is 11.8 Å². The maximum atomic E-state index is 13.1. The third-order valence-electron chi connectivity index (χ3n) is 4.80. The highest BCUT2D eigenvalue weighted by Gasteiger charge is 2.30. The summed E-state index contributed by atoms with van der Waals surface area (Å²) in [6.07, 6.45) is 0.754. The van der Waals surface area contributed by atoms with E-state index in [0.29, 0.717) is 18.5 Å². The minimum atomic E-state index is -0.814. The number of carbonyl (C=O) groups excluding carboxylic acids is 4. The number of ether oxygens (including phenoxy) is 1. The maximum Gasteiger partial charge on any atom is 0.312 e. The third-order valence-corrected chi connectivity index (χ3v) is 4.80. The van der Waals surface area contributed by atoms with E-state index >= 15 is 0 Å². The molecule has 0 saturated carbocycles. The van der Waals surface area contributed by atoms with Gasteiger partial charge in [0.15, 0.2) is 0 Å². The van der Waals surface area contributed by atoms with Crippen molar-refractivity contribution in [2.75, 3.05) is 11.9 Å². The molecule has 2 unspecified atom stereocenters. The van der Waals surface area contributed by atoms with Gasteiger partial charge in [-0.1, -0.05) is 26.0 Å². The number of anilines is 1. The van der Waals surface area contributed by atoms with E-state index in [4.69, 9.17) is 10.5 Å². The molecule has 2 atom stereocenters. The zero-order chi connectivity index (χ0) is 25.9. The Labute approximate surface area is 201 Å². The Morgan fingerprint density at radius 1 is 1.03 bits per heavy atom. The minimum Gasteiger partial charge on any atom is -0.461 e. The molecule has 0 heterocycles. The molecule has 0 aliphatic heterocycles. The van der Waals surface area contributed by atoms with Crippen LogP contribution in [0.2, 0.25) is 0 Å². The van der Waals surface area contributed by atoms with E-state index in [1.165, 1.54) is 6.92 Å². The summed E-state index contributed by atoms with van der Waals surface area (Å²) in [5.74, 6) is -1.02. The highest BCUT2D eigenvalue weighted by Crippen LogP contribution is 2.13. The van der Waals surface area contributed by atoms with Crippen LogP contribution in [0, 0.1) is 5.92 Å². The fourth-order valence-corrected chi connectivity index (χ4v) is 3.15. The van der Waals surface area contributed by atoms with E-state index < -0.39 is 18.1 Å². The van der Waals surface area contributed by atoms with E-state index in [9.17, 15) is 19.2 Å². The van der Waals surface area contributed by atoms with E-state index in [-0.39, 0.29) is 42.4 Å². The van der Waals surface area contributed by atoms with Gasteiger partial charge in [-0.05, 0) is 57.2 Å². The molecule has 0 aliphatic rings. The first-order chi connectivity index (χ1) is 15.8. The summed E-state index contributed by atoms with van der Waals surface area (Å²) < 4.78 is 4.96. The van der Waals surface area contributed by atoms with Crippen molar-refractivity contribution >= 4 is 29.5 Å². The van der Waals surface area contributed by atoms with Gasteiger partial charge in [-0.25, -0.2) is 4.79 Å². The molecule has 190 valence electrons. The zero-order valence-electron chi connectivity index (χ0n) is 21.0. The number of rotatable bonds is 12. The maximum absolute atomic E-state index is 13.1. The lowest BCUT2D eigenvalue weighted by Gasteiger charge is -2.31. The van der Waals surface area contributed by atoms with Crippen LogP contribution in [0.15, 0.2) is 24.3 Å². The van der Waals surface area contributed by atoms with Gasteiger partial charge in [0.05, 0.1) is 6.04 Å². The highest BCUT2D eigenvalue weighted by atomic mass is 16.5. The van der Waals surface area contributed by atoms with Gasteiger partial charge in [-0.15, -0.1) is 0 Å². The van der Waals surface area contributed by atoms with Crippen molar-refractivity contribution in [3.05, 3.63) is 29.8 Å². The molecule has 1 rings (SSSR count). The number of primary amides is 1. The number of hydrogen-bond acceptors (Lipinski definition) is 6. The van der Waals surface area contributed by atoms with Crippen molar-refractivity contribution in [1.29, 1.82) is 0 Å². The fraction of sp³-hybridized carbons (Fsp3) is 0.583. The molecule has 10 nitrogen and oxygen atoms in total. The van der Waals surface area contributed by atoms with Gasteiger partial charge in [-0.2, -0.15) is 0 Å². The Morgan fingerprint density at radius 2 is 1.65 bits per heavy atom. The van der Waals surface area contributed by atoms with E-state index in [1.807, 2.05) is 34.6 Å². The summed E-state index contributed by atoms with van der Waals surface area (Å²) in [5.41, 5.74) is 6.13. The number of amides is 4. The van der Waals surface area contributed by atoms with Crippen LogP contribution >= 0.6 is 0 Å². The molecule has 0 aromatic heterocycles. The van der Waals surface area contributed by atoms with Crippen LogP contribution in [0.25, 0.3) is 0 Å². The molecule has 4 amide bonds. The molecule has 10 heteroatoms. The second kappa shape index (κ2) is 13.5. The van der Waals surface area contributed by atoms with Crippen molar-refractivity contribution in [3.63, 3.8) is 0 Å². The van der Waals surface area contributed by atoms with Gasteiger partial charge in [-0.3, -0.25) is 14.4 Å². The van der Waals surface area contributed by atoms with Gasteiger partial charge in [0, 0.05) is 24.7 Å². The quantitative estimate of drug-likeness (QED) is 0.229. The molecule has 1 aromatic carbocycles. The number of carbonyl (C=O) groups is 4. The molecule has 34 heavy (non-hydrogen) atoms. The van der Waals surface area contributed by atoms with E-state index in [0.717, 1.165) is 5.56 Å². The third kappa shape index (κ3) is 11.6. The Morgan fingerprint density at radius 3 is 2.15 bits per heavy atom. The summed E-state index contributed by atoms with van der Waals surface area (Å²) in [7, 11) is 0. The normalized spacial score (nSPS) is 13.0. The molecule has 0 bridgehead atoms. The number of urea groups is 1. The first kappa shape index (κ1) is 28.9. The zero-order valence-corrected chi connectivity index (χ0v) is 21.0. The topological polar surface area (TPSA) is 152 Å². The molecular formula is C24H39N5O5. The standard InChI is InChI=1S/C24H39N5O5/c1-15(2)20(29-24(4,5)6)22(32)28-19(8-7-13-26-23(25)33)21(31)27-18-11-9-17(10-12-18)14-34-16(3)30/h9-12,15,19-20,29H,7-8,13-14H2,1-6H3,(H,27,31)(H,28,32)(H3,25,26,33). The summed E-state index contributed by atoms with van der Waals surface area (Å²) in [6, 6.07) is 4.93.